The summed E-state index contributed by atoms with van der Waals surface area (Å²) >= 11 is 0. The van der Waals surface area contributed by atoms with Gasteiger partial charge in [-0.3, -0.25) is 0 Å². The van der Waals surface area contributed by atoms with E-state index >= 15 is 0 Å². The molecule has 0 aliphatic heterocycles. The number of hydrogen-bond acceptors (Lipinski definition) is 2. The van der Waals surface area contributed by atoms with Crippen LogP contribution in [0.1, 0.15) is 43.7 Å². The van der Waals surface area contributed by atoms with Gasteiger partial charge in [0.05, 0.1) is 12.0 Å². The molecule has 1 aromatic rings. The van der Waals surface area contributed by atoms with Crippen molar-refractivity contribution in [3.05, 3.63) is 35.9 Å². The molecule has 2 amide bonds. The van der Waals surface area contributed by atoms with Crippen LogP contribution >= 0.6 is 0 Å². The number of rotatable bonds is 5. The standard InChI is InChI=1S/C17H23F3N2O2/c18-17(19,20)13-6-8-14(9-7-13)21-16(24)22-15(10-11-23)12-4-2-1-3-5-12/h1-5,13-15,23H,6-11H2,(H2,21,22,24)/t13?,14?,15-/m1/s1. The van der Waals surface area contributed by atoms with Gasteiger partial charge in [-0.1, -0.05) is 30.3 Å². The molecule has 134 valence electrons. The van der Waals surface area contributed by atoms with E-state index in [4.69, 9.17) is 5.11 Å². The summed E-state index contributed by atoms with van der Waals surface area (Å²) in [5.41, 5.74) is 0.877. The average Bonchev–Trinajstić information content (AvgIpc) is 2.55. The first-order valence-corrected chi connectivity index (χ1v) is 8.19. The highest BCUT2D eigenvalue weighted by atomic mass is 19.4. The van der Waals surface area contributed by atoms with E-state index < -0.39 is 18.1 Å². The maximum absolute atomic E-state index is 12.7. The van der Waals surface area contributed by atoms with Gasteiger partial charge in [0, 0.05) is 12.6 Å². The summed E-state index contributed by atoms with van der Waals surface area (Å²) in [7, 11) is 0. The van der Waals surface area contributed by atoms with Gasteiger partial charge in [0.15, 0.2) is 0 Å². The first-order valence-electron chi connectivity index (χ1n) is 8.19. The summed E-state index contributed by atoms with van der Waals surface area (Å²) in [6.45, 7) is -0.0729. The third kappa shape index (κ3) is 5.40. The van der Waals surface area contributed by atoms with E-state index in [9.17, 15) is 18.0 Å². The second-order valence-electron chi connectivity index (χ2n) is 6.18. The van der Waals surface area contributed by atoms with Gasteiger partial charge in [-0.2, -0.15) is 13.2 Å². The summed E-state index contributed by atoms with van der Waals surface area (Å²) in [6, 6.07) is 8.28. The van der Waals surface area contributed by atoms with E-state index in [0.29, 0.717) is 19.3 Å². The number of carbonyl (C=O) groups excluding carboxylic acids is 1. The van der Waals surface area contributed by atoms with E-state index in [-0.39, 0.29) is 31.5 Å². The van der Waals surface area contributed by atoms with Gasteiger partial charge in [0.25, 0.3) is 0 Å². The molecule has 0 aromatic heterocycles. The lowest BCUT2D eigenvalue weighted by Crippen LogP contribution is -2.45. The van der Waals surface area contributed by atoms with Crippen molar-refractivity contribution in [1.82, 2.24) is 10.6 Å². The van der Waals surface area contributed by atoms with Crippen molar-refractivity contribution in [1.29, 1.82) is 0 Å². The Hall–Kier alpha value is -1.76. The van der Waals surface area contributed by atoms with Crippen LogP contribution in [-0.2, 0) is 0 Å². The van der Waals surface area contributed by atoms with E-state index in [1.54, 1.807) is 0 Å². The van der Waals surface area contributed by atoms with Crippen molar-refractivity contribution in [2.24, 2.45) is 5.92 Å². The molecule has 24 heavy (non-hydrogen) atoms. The summed E-state index contributed by atoms with van der Waals surface area (Å²) in [5, 5.41) is 14.7. The minimum Gasteiger partial charge on any atom is -0.396 e. The maximum atomic E-state index is 12.7. The molecule has 1 aromatic carbocycles. The maximum Gasteiger partial charge on any atom is 0.391 e. The fourth-order valence-electron chi connectivity index (χ4n) is 3.09. The predicted molar refractivity (Wildman–Crippen MR) is 84.4 cm³/mol. The molecule has 1 saturated carbocycles. The van der Waals surface area contributed by atoms with Gasteiger partial charge in [-0.25, -0.2) is 4.79 Å². The van der Waals surface area contributed by atoms with Crippen LogP contribution < -0.4 is 10.6 Å². The Labute approximate surface area is 139 Å². The topological polar surface area (TPSA) is 61.4 Å². The van der Waals surface area contributed by atoms with E-state index in [2.05, 4.69) is 10.6 Å². The number of alkyl halides is 3. The van der Waals surface area contributed by atoms with Crippen LogP contribution in [0.5, 0.6) is 0 Å². The second kappa shape index (κ2) is 8.37. The van der Waals surface area contributed by atoms with Crippen LogP contribution in [0.2, 0.25) is 0 Å². The molecule has 7 heteroatoms. The van der Waals surface area contributed by atoms with E-state index in [1.165, 1.54) is 0 Å². The summed E-state index contributed by atoms with van der Waals surface area (Å²) in [5.74, 6) is -1.26. The van der Waals surface area contributed by atoms with Crippen molar-refractivity contribution in [2.75, 3.05) is 6.61 Å². The highest BCUT2D eigenvalue weighted by Crippen LogP contribution is 2.37. The third-order valence-corrected chi connectivity index (χ3v) is 4.45. The molecule has 0 saturated heterocycles. The lowest BCUT2D eigenvalue weighted by Gasteiger charge is -2.30. The van der Waals surface area contributed by atoms with Crippen LogP contribution in [0.25, 0.3) is 0 Å². The molecule has 0 radical (unpaired) electrons. The van der Waals surface area contributed by atoms with Crippen molar-refractivity contribution in [3.63, 3.8) is 0 Å². The molecule has 0 bridgehead atoms. The summed E-state index contributed by atoms with van der Waals surface area (Å²) < 4.78 is 38.0. The number of nitrogens with one attached hydrogen (secondary N) is 2. The normalized spacial score (nSPS) is 22.7. The number of aliphatic hydroxyl groups excluding tert-OH is 1. The van der Waals surface area contributed by atoms with Crippen molar-refractivity contribution in [3.8, 4) is 0 Å². The Kier molecular flexibility index (Phi) is 6.48. The minimum atomic E-state index is -4.15. The zero-order valence-corrected chi connectivity index (χ0v) is 13.4. The zero-order valence-electron chi connectivity index (χ0n) is 13.4. The van der Waals surface area contributed by atoms with Crippen molar-refractivity contribution >= 4 is 6.03 Å². The smallest absolute Gasteiger partial charge is 0.391 e. The van der Waals surface area contributed by atoms with Gasteiger partial charge in [-0.15, -0.1) is 0 Å². The minimum absolute atomic E-state index is 0.0488. The first-order chi connectivity index (χ1) is 11.4. The number of carbonyl (C=O) groups is 1. The van der Waals surface area contributed by atoms with Gasteiger partial charge in [0.2, 0.25) is 0 Å². The Morgan fingerprint density at radius 2 is 1.79 bits per heavy atom. The van der Waals surface area contributed by atoms with E-state index in [0.717, 1.165) is 5.56 Å². The number of aliphatic hydroxyl groups is 1. The Morgan fingerprint density at radius 3 is 2.33 bits per heavy atom. The van der Waals surface area contributed by atoms with E-state index in [1.807, 2.05) is 30.3 Å². The quantitative estimate of drug-likeness (QED) is 0.765. The lowest BCUT2D eigenvalue weighted by atomic mass is 9.85. The molecule has 1 atom stereocenters. The molecule has 1 fully saturated rings. The molecular formula is C17H23F3N2O2. The number of halogens is 3. The largest absolute Gasteiger partial charge is 0.396 e. The predicted octanol–water partition coefficient (Wildman–Crippen LogP) is 3.53. The van der Waals surface area contributed by atoms with Gasteiger partial charge >= 0.3 is 12.2 Å². The molecule has 4 nitrogen and oxygen atoms in total. The average molecular weight is 344 g/mol. The van der Waals surface area contributed by atoms with Crippen LogP contribution in [0, 0.1) is 5.92 Å². The number of amides is 2. The van der Waals surface area contributed by atoms with Crippen LogP contribution in [0.15, 0.2) is 30.3 Å². The Balaban J connectivity index is 1.84. The SMILES string of the molecule is O=C(NC1CCC(C(F)(F)F)CC1)N[C@H](CCO)c1ccccc1. The molecule has 0 unspecified atom stereocenters. The van der Waals surface area contributed by atoms with Crippen LogP contribution in [-0.4, -0.2) is 30.0 Å². The van der Waals surface area contributed by atoms with Gasteiger partial charge in [-0.05, 0) is 37.7 Å². The summed E-state index contributed by atoms with van der Waals surface area (Å²) in [6.07, 6.45) is -3.02. The molecule has 2 rings (SSSR count). The highest BCUT2D eigenvalue weighted by molar-refractivity contribution is 5.74. The molecule has 3 N–H and O–H groups in total. The first kappa shape index (κ1) is 18.6. The number of benzene rings is 1. The van der Waals surface area contributed by atoms with Crippen molar-refractivity contribution in [2.45, 2.75) is 50.4 Å². The molecule has 1 aliphatic rings. The Bertz CT molecular complexity index is 514. The highest BCUT2D eigenvalue weighted by Gasteiger charge is 2.41. The monoisotopic (exact) mass is 344 g/mol. The Morgan fingerprint density at radius 1 is 1.17 bits per heavy atom. The van der Waals surface area contributed by atoms with Gasteiger partial charge in [0.1, 0.15) is 0 Å². The number of urea groups is 1. The second-order valence-corrected chi connectivity index (χ2v) is 6.18. The molecule has 0 spiro atoms. The lowest BCUT2D eigenvalue weighted by molar-refractivity contribution is -0.182. The summed E-state index contributed by atoms with van der Waals surface area (Å²) in [4.78, 5) is 12.1. The molecule has 1 aliphatic carbocycles. The zero-order chi connectivity index (χ0) is 17.6. The fourth-order valence-corrected chi connectivity index (χ4v) is 3.09. The third-order valence-electron chi connectivity index (χ3n) is 4.45. The fraction of sp³-hybridized carbons (Fsp3) is 0.588. The van der Waals surface area contributed by atoms with Crippen LogP contribution in [0.3, 0.4) is 0 Å². The van der Waals surface area contributed by atoms with Crippen LogP contribution in [0.4, 0.5) is 18.0 Å². The number of hydrogen-bond donors (Lipinski definition) is 3. The van der Waals surface area contributed by atoms with Crippen molar-refractivity contribution < 1.29 is 23.1 Å². The molecular weight excluding hydrogens is 321 g/mol. The molecule has 0 heterocycles. The van der Waals surface area contributed by atoms with Gasteiger partial charge < -0.3 is 15.7 Å².